The van der Waals surface area contributed by atoms with Crippen LogP contribution in [0.2, 0.25) is 0 Å². The van der Waals surface area contributed by atoms with Gasteiger partial charge in [-0.3, -0.25) is 0 Å². The molecule has 0 fully saturated rings. The van der Waals surface area contributed by atoms with Gasteiger partial charge in [0.2, 0.25) is 0 Å². The van der Waals surface area contributed by atoms with E-state index in [0.717, 1.165) is 6.42 Å². The molecule has 0 N–H and O–H groups in total. The first-order valence-corrected chi connectivity index (χ1v) is 6.86. The van der Waals surface area contributed by atoms with E-state index < -0.39 is 0 Å². The highest BCUT2D eigenvalue weighted by molar-refractivity contribution is 5.34. The Morgan fingerprint density at radius 2 is 1.63 bits per heavy atom. The highest BCUT2D eigenvalue weighted by Crippen LogP contribution is 2.26. The van der Waals surface area contributed by atoms with E-state index in [-0.39, 0.29) is 0 Å². The van der Waals surface area contributed by atoms with Crippen LogP contribution in [-0.2, 0) is 6.42 Å². The topological polar surface area (TPSA) is 0 Å². The van der Waals surface area contributed by atoms with E-state index >= 15 is 0 Å². The van der Waals surface area contributed by atoms with Gasteiger partial charge in [0, 0.05) is 5.92 Å². The lowest BCUT2D eigenvalue weighted by molar-refractivity contribution is 0.854. The average molecular weight is 250 g/mol. The summed E-state index contributed by atoms with van der Waals surface area (Å²) in [6.45, 7) is 10.8. The Balaban J connectivity index is 2.12. The van der Waals surface area contributed by atoms with Crippen molar-refractivity contribution in [3.63, 3.8) is 0 Å². The lowest BCUT2D eigenvalue weighted by Crippen LogP contribution is -2.01. The predicted octanol–water partition coefficient (Wildman–Crippen LogP) is 5.21. The van der Waals surface area contributed by atoms with Gasteiger partial charge in [-0.25, -0.2) is 0 Å². The molecule has 0 aliphatic rings. The molecule has 1 unspecified atom stereocenters. The van der Waals surface area contributed by atoms with E-state index in [4.69, 9.17) is 0 Å². The lowest BCUT2D eigenvalue weighted by atomic mass is 9.88. The number of aryl methyl sites for hydroxylation is 2. The van der Waals surface area contributed by atoms with Crippen molar-refractivity contribution in [1.29, 1.82) is 0 Å². The van der Waals surface area contributed by atoms with Gasteiger partial charge in [0.25, 0.3) is 0 Å². The zero-order valence-electron chi connectivity index (χ0n) is 12.1. The second kappa shape index (κ2) is 5.88. The van der Waals surface area contributed by atoms with E-state index in [9.17, 15) is 0 Å². The molecule has 0 heterocycles. The standard InChI is InChI=1S/C19H22/c1-14-9-11-18(12-10-14)17(4)16(3)13-19-8-6-5-7-15(19)2/h5-12,17H,3,13H2,1-2,4H3. The lowest BCUT2D eigenvalue weighted by Gasteiger charge is -2.16. The summed E-state index contributed by atoms with van der Waals surface area (Å²) in [7, 11) is 0. The average Bonchev–Trinajstić information content (AvgIpc) is 2.41. The predicted molar refractivity (Wildman–Crippen MR) is 83.6 cm³/mol. The smallest absolute Gasteiger partial charge is 0.00204 e. The largest absolute Gasteiger partial charge is 0.0989 e. The third-order valence-electron chi connectivity index (χ3n) is 3.87. The zero-order valence-corrected chi connectivity index (χ0v) is 12.1. The maximum Gasteiger partial charge on any atom is 0.00204 e. The molecule has 2 aromatic carbocycles. The van der Waals surface area contributed by atoms with Crippen LogP contribution in [-0.4, -0.2) is 0 Å². The summed E-state index contributed by atoms with van der Waals surface area (Å²) in [6.07, 6.45) is 0.960. The molecule has 0 radical (unpaired) electrons. The van der Waals surface area contributed by atoms with E-state index in [0.29, 0.717) is 5.92 Å². The van der Waals surface area contributed by atoms with Gasteiger partial charge in [-0.05, 0) is 37.0 Å². The number of hydrogen-bond donors (Lipinski definition) is 0. The Hall–Kier alpha value is -1.82. The van der Waals surface area contributed by atoms with Gasteiger partial charge in [-0.1, -0.05) is 73.2 Å². The van der Waals surface area contributed by atoms with Gasteiger partial charge in [0.1, 0.15) is 0 Å². The first kappa shape index (κ1) is 13.6. The highest BCUT2D eigenvalue weighted by Gasteiger charge is 2.10. The van der Waals surface area contributed by atoms with Crippen molar-refractivity contribution in [2.24, 2.45) is 0 Å². The molecule has 19 heavy (non-hydrogen) atoms. The van der Waals surface area contributed by atoms with E-state index in [1.165, 1.54) is 27.8 Å². The van der Waals surface area contributed by atoms with E-state index in [1.54, 1.807) is 0 Å². The Morgan fingerprint density at radius 3 is 2.26 bits per heavy atom. The van der Waals surface area contributed by atoms with Gasteiger partial charge >= 0.3 is 0 Å². The minimum Gasteiger partial charge on any atom is -0.0989 e. The first-order chi connectivity index (χ1) is 9.08. The summed E-state index contributed by atoms with van der Waals surface area (Å²) in [4.78, 5) is 0. The second-order valence-corrected chi connectivity index (χ2v) is 5.39. The molecule has 0 spiro atoms. The Kier molecular flexibility index (Phi) is 4.21. The third kappa shape index (κ3) is 3.35. The highest BCUT2D eigenvalue weighted by atomic mass is 14.2. The molecule has 0 bridgehead atoms. The Bertz CT molecular complexity index is 561. The maximum absolute atomic E-state index is 4.29. The maximum atomic E-state index is 4.29. The van der Waals surface area contributed by atoms with Crippen LogP contribution in [0.5, 0.6) is 0 Å². The van der Waals surface area contributed by atoms with Crippen LogP contribution in [0.3, 0.4) is 0 Å². The van der Waals surface area contributed by atoms with Crippen molar-refractivity contribution >= 4 is 0 Å². The molecule has 0 saturated carbocycles. The van der Waals surface area contributed by atoms with Crippen molar-refractivity contribution in [1.82, 2.24) is 0 Å². The van der Waals surface area contributed by atoms with Crippen LogP contribution in [0.15, 0.2) is 60.7 Å². The molecule has 1 atom stereocenters. The normalized spacial score (nSPS) is 12.2. The summed E-state index contributed by atoms with van der Waals surface area (Å²) in [5, 5.41) is 0. The molecule has 0 aromatic heterocycles. The fraction of sp³-hybridized carbons (Fsp3) is 0.263. The SMILES string of the molecule is C=C(Cc1ccccc1C)C(C)c1ccc(C)cc1. The van der Waals surface area contributed by atoms with Gasteiger partial charge in [0.15, 0.2) is 0 Å². The molecule has 0 saturated heterocycles. The fourth-order valence-electron chi connectivity index (χ4n) is 2.30. The molecule has 0 amide bonds. The minimum absolute atomic E-state index is 0.403. The van der Waals surface area contributed by atoms with Crippen LogP contribution < -0.4 is 0 Å². The third-order valence-corrected chi connectivity index (χ3v) is 3.87. The molecule has 0 aliphatic heterocycles. The molecule has 2 rings (SSSR count). The number of rotatable bonds is 4. The molecule has 0 nitrogen and oxygen atoms in total. The number of hydrogen-bond acceptors (Lipinski definition) is 0. The van der Waals surface area contributed by atoms with Crippen LogP contribution in [0.25, 0.3) is 0 Å². The molecule has 0 heteroatoms. The second-order valence-electron chi connectivity index (χ2n) is 5.39. The molecule has 0 aliphatic carbocycles. The Labute approximate surface area is 116 Å². The van der Waals surface area contributed by atoms with Crippen LogP contribution >= 0.6 is 0 Å². The van der Waals surface area contributed by atoms with Crippen molar-refractivity contribution in [2.75, 3.05) is 0 Å². The van der Waals surface area contributed by atoms with Gasteiger partial charge < -0.3 is 0 Å². The van der Waals surface area contributed by atoms with Crippen LogP contribution in [0.1, 0.15) is 35.1 Å². The molecule has 98 valence electrons. The van der Waals surface area contributed by atoms with Gasteiger partial charge in [0.05, 0.1) is 0 Å². The molecular weight excluding hydrogens is 228 g/mol. The van der Waals surface area contributed by atoms with Crippen molar-refractivity contribution < 1.29 is 0 Å². The molecule has 2 aromatic rings. The number of allylic oxidation sites excluding steroid dienone is 1. The Morgan fingerprint density at radius 1 is 1.00 bits per heavy atom. The minimum atomic E-state index is 0.403. The molecular formula is C19H22. The van der Waals surface area contributed by atoms with Gasteiger partial charge in [-0.15, -0.1) is 0 Å². The zero-order chi connectivity index (χ0) is 13.8. The van der Waals surface area contributed by atoms with Crippen LogP contribution in [0.4, 0.5) is 0 Å². The summed E-state index contributed by atoms with van der Waals surface area (Å²) in [5.74, 6) is 0.403. The summed E-state index contributed by atoms with van der Waals surface area (Å²) >= 11 is 0. The summed E-state index contributed by atoms with van der Waals surface area (Å²) in [5.41, 5.74) is 6.66. The van der Waals surface area contributed by atoms with Crippen molar-refractivity contribution in [2.45, 2.75) is 33.1 Å². The quantitative estimate of drug-likeness (QED) is 0.654. The first-order valence-electron chi connectivity index (χ1n) is 6.86. The summed E-state index contributed by atoms with van der Waals surface area (Å²) < 4.78 is 0. The number of benzene rings is 2. The fourth-order valence-corrected chi connectivity index (χ4v) is 2.30. The van der Waals surface area contributed by atoms with E-state index in [1.807, 2.05) is 0 Å². The van der Waals surface area contributed by atoms with Crippen LogP contribution in [0, 0.1) is 13.8 Å². The van der Waals surface area contributed by atoms with Gasteiger partial charge in [-0.2, -0.15) is 0 Å². The summed E-state index contributed by atoms with van der Waals surface area (Å²) in [6, 6.07) is 17.3. The monoisotopic (exact) mass is 250 g/mol. The van der Waals surface area contributed by atoms with Crippen molar-refractivity contribution in [3.05, 3.63) is 82.9 Å². The van der Waals surface area contributed by atoms with E-state index in [2.05, 4.69) is 75.9 Å². The van der Waals surface area contributed by atoms with Crippen molar-refractivity contribution in [3.8, 4) is 0 Å².